The number of halogens is 2. The summed E-state index contributed by atoms with van der Waals surface area (Å²) < 4.78 is 8.11. The summed E-state index contributed by atoms with van der Waals surface area (Å²) in [5.41, 5.74) is 5.67. The second-order valence-corrected chi connectivity index (χ2v) is 11.8. The molecule has 5 rings (SSSR count). The highest BCUT2D eigenvalue weighted by atomic mass is 35.5. The van der Waals surface area contributed by atoms with Gasteiger partial charge in [-0.2, -0.15) is 4.98 Å². The summed E-state index contributed by atoms with van der Waals surface area (Å²) in [6.45, 7) is 8.25. The van der Waals surface area contributed by atoms with Gasteiger partial charge in [0.1, 0.15) is 18.4 Å². The van der Waals surface area contributed by atoms with Crippen LogP contribution in [-0.2, 0) is 11.4 Å². The average molecular weight is 609 g/mol. The van der Waals surface area contributed by atoms with E-state index in [9.17, 15) is 4.79 Å². The van der Waals surface area contributed by atoms with Gasteiger partial charge in [0.05, 0.1) is 5.57 Å². The third-order valence-corrected chi connectivity index (χ3v) is 8.39. The van der Waals surface area contributed by atoms with Gasteiger partial charge in [-0.15, -0.1) is 5.10 Å². The van der Waals surface area contributed by atoms with Gasteiger partial charge in [0.15, 0.2) is 0 Å². The molecule has 0 saturated carbocycles. The Morgan fingerprint density at radius 2 is 1.90 bits per heavy atom. The first kappa shape index (κ1) is 29.0. The molecule has 2 heterocycles. The number of amides is 1. The van der Waals surface area contributed by atoms with Crippen molar-refractivity contribution in [2.24, 2.45) is 0 Å². The molecule has 0 fully saturated rings. The Bertz CT molecular complexity index is 1630. The lowest BCUT2D eigenvalue weighted by Gasteiger charge is -2.30. The number of hydrogen-bond acceptors (Lipinski definition) is 6. The third-order valence-electron chi connectivity index (χ3n) is 6.76. The van der Waals surface area contributed by atoms with Gasteiger partial charge < -0.3 is 15.4 Å². The van der Waals surface area contributed by atoms with Crippen molar-refractivity contribution in [2.45, 2.75) is 51.9 Å². The monoisotopic (exact) mass is 607 g/mol. The van der Waals surface area contributed by atoms with Crippen LogP contribution in [0.15, 0.2) is 77.1 Å². The molecule has 0 bridgehead atoms. The maximum atomic E-state index is 14.0. The number of nitrogens with zero attached hydrogens (tertiary/aromatic N) is 3. The van der Waals surface area contributed by atoms with Gasteiger partial charge in [0, 0.05) is 38.3 Å². The fourth-order valence-electron chi connectivity index (χ4n) is 4.74. The summed E-state index contributed by atoms with van der Waals surface area (Å²) in [6.07, 6.45) is 0.996. The number of carbonyl (C=O) groups is 1. The molecule has 0 spiro atoms. The second-order valence-electron chi connectivity index (χ2n) is 9.91. The molecule has 7 nitrogen and oxygen atoms in total. The van der Waals surface area contributed by atoms with Crippen LogP contribution < -0.4 is 15.4 Å². The zero-order valence-corrected chi connectivity index (χ0v) is 25.6. The van der Waals surface area contributed by atoms with Crippen LogP contribution in [0.25, 0.3) is 0 Å². The van der Waals surface area contributed by atoms with Gasteiger partial charge in [-0.25, -0.2) is 4.68 Å². The summed E-state index contributed by atoms with van der Waals surface area (Å²) in [7, 11) is 0. The van der Waals surface area contributed by atoms with Crippen LogP contribution in [0.3, 0.4) is 0 Å². The van der Waals surface area contributed by atoms with Crippen molar-refractivity contribution in [1.82, 2.24) is 14.8 Å². The largest absolute Gasteiger partial charge is 0.488 e. The van der Waals surface area contributed by atoms with Crippen LogP contribution in [0, 0.1) is 13.8 Å². The highest BCUT2D eigenvalue weighted by molar-refractivity contribution is 7.99. The van der Waals surface area contributed by atoms with E-state index in [0.717, 1.165) is 40.1 Å². The van der Waals surface area contributed by atoms with E-state index < -0.39 is 6.04 Å². The molecule has 1 aliphatic heterocycles. The first-order valence-corrected chi connectivity index (χ1v) is 15.1. The van der Waals surface area contributed by atoms with E-state index in [4.69, 9.17) is 38.0 Å². The number of hydrogen-bond donors (Lipinski definition) is 2. The fraction of sp³-hybridized carbons (Fsp3) is 0.258. The van der Waals surface area contributed by atoms with E-state index in [1.165, 1.54) is 0 Å². The molecule has 0 radical (unpaired) electrons. The summed E-state index contributed by atoms with van der Waals surface area (Å²) in [4.78, 5) is 18.7. The van der Waals surface area contributed by atoms with Crippen molar-refractivity contribution in [2.75, 3.05) is 16.4 Å². The van der Waals surface area contributed by atoms with Crippen LogP contribution in [0.1, 0.15) is 48.6 Å². The van der Waals surface area contributed by atoms with Gasteiger partial charge >= 0.3 is 0 Å². The number of carbonyl (C=O) groups excluding carboxylic acids is 1. The molecule has 0 saturated heterocycles. The molecular formula is C31H31Cl2N5O2S. The Labute approximate surface area is 254 Å². The fourth-order valence-corrected chi connectivity index (χ4v) is 5.89. The number of nitrogens with one attached hydrogen (secondary N) is 2. The first-order chi connectivity index (χ1) is 19.7. The first-order valence-electron chi connectivity index (χ1n) is 13.4. The highest BCUT2D eigenvalue weighted by Crippen LogP contribution is 2.40. The van der Waals surface area contributed by atoms with Crippen LogP contribution in [0.4, 0.5) is 11.6 Å². The molecule has 41 heavy (non-hydrogen) atoms. The Morgan fingerprint density at radius 3 is 2.66 bits per heavy atom. The lowest BCUT2D eigenvalue weighted by atomic mass is 9.94. The van der Waals surface area contributed by atoms with Crippen molar-refractivity contribution in [3.63, 3.8) is 0 Å². The van der Waals surface area contributed by atoms with E-state index in [2.05, 4.69) is 17.6 Å². The lowest BCUT2D eigenvalue weighted by Crippen LogP contribution is -2.32. The van der Waals surface area contributed by atoms with Crippen molar-refractivity contribution in [1.29, 1.82) is 0 Å². The summed E-state index contributed by atoms with van der Waals surface area (Å²) in [5.74, 6) is 1.85. The number of allylic oxidation sites excluding steroid dienone is 1. The molecular weight excluding hydrogens is 577 g/mol. The number of aryl methyl sites for hydroxylation is 2. The smallest absolute Gasteiger partial charge is 0.255 e. The molecule has 1 atom stereocenters. The molecule has 1 aliphatic rings. The van der Waals surface area contributed by atoms with Crippen LogP contribution in [0.5, 0.6) is 5.75 Å². The van der Waals surface area contributed by atoms with Gasteiger partial charge in [0.2, 0.25) is 11.1 Å². The topological polar surface area (TPSA) is 81.1 Å². The number of ether oxygens (including phenoxy) is 1. The van der Waals surface area contributed by atoms with E-state index in [1.807, 2.05) is 69.3 Å². The molecule has 4 aromatic rings. The minimum Gasteiger partial charge on any atom is -0.488 e. The van der Waals surface area contributed by atoms with Crippen molar-refractivity contribution >= 4 is 52.5 Å². The zero-order valence-electron chi connectivity index (χ0n) is 23.3. The zero-order chi connectivity index (χ0) is 29.1. The molecule has 1 unspecified atom stereocenters. The normalized spacial score (nSPS) is 14.4. The Kier molecular flexibility index (Phi) is 8.92. The number of rotatable bonds is 9. The maximum Gasteiger partial charge on any atom is 0.255 e. The third kappa shape index (κ3) is 6.40. The number of anilines is 2. The summed E-state index contributed by atoms with van der Waals surface area (Å²) >= 11 is 14.1. The van der Waals surface area contributed by atoms with E-state index in [1.54, 1.807) is 28.6 Å². The summed E-state index contributed by atoms with van der Waals surface area (Å²) in [5, 5.41) is 13.0. The predicted molar refractivity (Wildman–Crippen MR) is 167 cm³/mol. The molecule has 1 aromatic heterocycles. The molecule has 3 aromatic carbocycles. The maximum absolute atomic E-state index is 14.0. The van der Waals surface area contributed by atoms with Crippen molar-refractivity contribution in [3.8, 4) is 5.75 Å². The van der Waals surface area contributed by atoms with Gasteiger partial charge in [-0.05, 0) is 57.0 Å². The van der Waals surface area contributed by atoms with Crippen LogP contribution in [0.2, 0.25) is 10.0 Å². The Balaban J connectivity index is 1.55. The number of benzene rings is 3. The number of para-hydroxylation sites is 1. The van der Waals surface area contributed by atoms with Gasteiger partial charge in [-0.1, -0.05) is 83.8 Å². The quantitative estimate of drug-likeness (QED) is 0.187. The highest BCUT2D eigenvalue weighted by Gasteiger charge is 2.36. The van der Waals surface area contributed by atoms with Gasteiger partial charge in [-0.3, -0.25) is 4.79 Å². The van der Waals surface area contributed by atoms with Crippen LogP contribution >= 0.6 is 35.0 Å². The number of aromatic nitrogens is 3. The molecule has 0 aliphatic carbocycles. The van der Waals surface area contributed by atoms with E-state index in [0.29, 0.717) is 38.2 Å². The van der Waals surface area contributed by atoms with Gasteiger partial charge in [0.25, 0.3) is 5.91 Å². The summed E-state index contributed by atoms with van der Waals surface area (Å²) in [6, 6.07) is 18.4. The van der Waals surface area contributed by atoms with Crippen molar-refractivity contribution < 1.29 is 9.53 Å². The minimum atomic E-state index is -0.586. The SMILES string of the molecule is CCCSc1nc2n(n1)C(c1ccccc1OCc1ccc(Cl)cc1Cl)C(C(=O)Nc1ccc(C)cc1C)=C(C)N2. The molecule has 212 valence electrons. The van der Waals surface area contributed by atoms with E-state index >= 15 is 0 Å². The lowest BCUT2D eigenvalue weighted by molar-refractivity contribution is -0.113. The number of thioether (sulfide) groups is 1. The standard InChI is InChI=1S/C31H31Cl2N5O2S/c1-5-14-41-31-36-30-34-20(4)27(29(39)35-25-13-10-18(2)15-19(25)3)28(38(30)37-31)23-8-6-7-9-26(23)40-17-21-11-12-22(32)16-24(21)33/h6-13,15-16,28H,5,14,17H2,1-4H3,(H,35,39)(H,34,36,37). The number of fused-ring (bicyclic) bond motifs is 1. The van der Waals surface area contributed by atoms with Crippen molar-refractivity contribution in [3.05, 3.63) is 104 Å². The van der Waals surface area contributed by atoms with E-state index in [-0.39, 0.29) is 12.5 Å². The molecule has 1 amide bonds. The molecule has 10 heteroatoms. The average Bonchev–Trinajstić information content (AvgIpc) is 3.34. The Morgan fingerprint density at radius 1 is 1.10 bits per heavy atom. The molecule has 2 N–H and O–H groups in total. The Hall–Kier alpha value is -3.46. The second kappa shape index (κ2) is 12.6. The van der Waals surface area contributed by atoms with Crippen LogP contribution in [-0.4, -0.2) is 26.4 Å². The predicted octanol–water partition coefficient (Wildman–Crippen LogP) is 8.21. The minimum absolute atomic E-state index is 0.229.